The van der Waals surface area contributed by atoms with Crippen LogP contribution in [0.25, 0.3) is 0 Å². The molecule has 0 aromatic rings. The van der Waals surface area contributed by atoms with Crippen LogP contribution in [0.5, 0.6) is 0 Å². The highest BCUT2D eigenvalue weighted by atomic mass is 16.3. The maximum absolute atomic E-state index is 8.93. The lowest BCUT2D eigenvalue weighted by molar-refractivity contribution is 0.0480. The molecule has 1 fully saturated rings. The van der Waals surface area contributed by atoms with Crippen LogP contribution in [0.4, 0.5) is 0 Å². The van der Waals surface area contributed by atoms with Gasteiger partial charge in [0.2, 0.25) is 0 Å². The summed E-state index contributed by atoms with van der Waals surface area (Å²) in [7, 11) is 0. The van der Waals surface area contributed by atoms with Gasteiger partial charge >= 0.3 is 0 Å². The highest BCUT2D eigenvalue weighted by Crippen LogP contribution is 2.31. The first-order valence-electron chi connectivity index (χ1n) is 5.57. The van der Waals surface area contributed by atoms with E-state index in [0.717, 1.165) is 19.5 Å². The largest absolute Gasteiger partial charge is 0.396 e. The second-order valence-electron chi connectivity index (χ2n) is 4.92. The molecule has 1 heterocycles. The van der Waals surface area contributed by atoms with Gasteiger partial charge in [-0.3, -0.25) is 4.90 Å². The van der Waals surface area contributed by atoms with Gasteiger partial charge in [0.15, 0.2) is 0 Å². The van der Waals surface area contributed by atoms with Gasteiger partial charge in [-0.05, 0) is 39.0 Å². The highest BCUT2D eigenvalue weighted by molar-refractivity contribution is 4.91. The lowest BCUT2D eigenvalue weighted by Crippen LogP contribution is -2.50. The Kier molecular flexibility index (Phi) is 4.14. The molecule has 1 unspecified atom stereocenters. The van der Waals surface area contributed by atoms with Crippen molar-refractivity contribution in [3.63, 3.8) is 0 Å². The third kappa shape index (κ3) is 2.82. The van der Waals surface area contributed by atoms with Crippen molar-refractivity contribution in [2.45, 2.75) is 38.6 Å². The van der Waals surface area contributed by atoms with Crippen molar-refractivity contribution in [2.24, 2.45) is 5.92 Å². The summed E-state index contributed by atoms with van der Waals surface area (Å²) < 4.78 is 0. The molecule has 0 saturated carbocycles. The molecule has 0 aromatic heterocycles. The lowest BCUT2D eigenvalue weighted by atomic mass is 9.83. The van der Waals surface area contributed by atoms with E-state index < -0.39 is 0 Å². The van der Waals surface area contributed by atoms with E-state index in [9.17, 15) is 0 Å². The number of aliphatic hydroxyl groups is 1. The third-order valence-electron chi connectivity index (χ3n) is 3.39. The number of aliphatic hydroxyl groups excluding tert-OH is 1. The molecule has 1 atom stereocenters. The van der Waals surface area contributed by atoms with E-state index in [1.165, 1.54) is 12.8 Å². The standard InChI is InChI=1S/C12H23NO/c1-4-8-13-10-11(6-9-14)5-7-12(13,2)3/h4,11,14H,1,5-10H2,2-3H3. The lowest BCUT2D eigenvalue weighted by Gasteiger charge is -2.45. The van der Waals surface area contributed by atoms with Gasteiger partial charge in [0, 0.05) is 25.2 Å². The molecular formula is C12H23NO. The van der Waals surface area contributed by atoms with Gasteiger partial charge in [0.25, 0.3) is 0 Å². The molecule has 2 heteroatoms. The normalized spacial score (nSPS) is 27.5. The molecule has 1 saturated heterocycles. The SMILES string of the molecule is C=CCN1CC(CCO)CCC1(C)C. The monoisotopic (exact) mass is 197 g/mol. The van der Waals surface area contributed by atoms with Crippen LogP contribution in [0.15, 0.2) is 12.7 Å². The number of nitrogens with zero attached hydrogens (tertiary/aromatic N) is 1. The summed E-state index contributed by atoms with van der Waals surface area (Å²) in [5.41, 5.74) is 0.306. The molecule has 2 nitrogen and oxygen atoms in total. The van der Waals surface area contributed by atoms with Gasteiger partial charge < -0.3 is 5.11 Å². The average Bonchev–Trinajstić information content (AvgIpc) is 2.12. The molecule has 14 heavy (non-hydrogen) atoms. The first-order valence-corrected chi connectivity index (χ1v) is 5.57. The molecule has 0 aliphatic carbocycles. The fourth-order valence-electron chi connectivity index (χ4n) is 2.26. The van der Waals surface area contributed by atoms with Crippen molar-refractivity contribution < 1.29 is 5.11 Å². The maximum atomic E-state index is 8.93. The first-order chi connectivity index (χ1) is 6.60. The predicted octanol–water partition coefficient (Wildman–Crippen LogP) is 2.05. The van der Waals surface area contributed by atoms with Crippen molar-refractivity contribution in [1.29, 1.82) is 0 Å². The Balaban J connectivity index is 2.53. The van der Waals surface area contributed by atoms with Crippen LogP contribution in [0, 0.1) is 5.92 Å². The number of hydrogen-bond donors (Lipinski definition) is 1. The minimum Gasteiger partial charge on any atom is -0.396 e. The van der Waals surface area contributed by atoms with E-state index in [1.807, 2.05) is 6.08 Å². The van der Waals surface area contributed by atoms with Gasteiger partial charge in [0.1, 0.15) is 0 Å². The van der Waals surface area contributed by atoms with Crippen LogP contribution < -0.4 is 0 Å². The molecule has 0 aromatic carbocycles. The van der Waals surface area contributed by atoms with Crippen LogP contribution in [0.3, 0.4) is 0 Å². The summed E-state index contributed by atoms with van der Waals surface area (Å²) >= 11 is 0. The predicted molar refractivity (Wildman–Crippen MR) is 60.3 cm³/mol. The molecular weight excluding hydrogens is 174 g/mol. The Morgan fingerprint density at radius 2 is 2.29 bits per heavy atom. The Labute approximate surface area is 87.6 Å². The minimum absolute atomic E-state index is 0.306. The van der Waals surface area contributed by atoms with Crippen LogP contribution in [-0.2, 0) is 0 Å². The highest BCUT2D eigenvalue weighted by Gasteiger charge is 2.32. The van der Waals surface area contributed by atoms with E-state index in [-0.39, 0.29) is 0 Å². The summed E-state index contributed by atoms with van der Waals surface area (Å²) in [4.78, 5) is 2.48. The topological polar surface area (TPSA) is 23.5 Å². The van der Waals surface area contributed by atoms with E-state index in [2.05, 4.69) is 25.3 Å². The molecule has 82 valence electrons. The summed E-state index contributed by atoms with van der Waals surface area (Å²) in [5, 5.41) is 8.93. The Morgan fingerprint density at radius 3 is 2.86 bits per heavy atom. The van der Waals surface area contributed by atoms with Gasteiger partial charge in [-0.1, -0.05) is 6.08 Å². The molecule has 0 spiro atoms. The minimum atomic E-state index is 0.306. The van der Waals surface area contributed by atoms with Crippen molar-refractivity contribution >= 4 is 0 Å². The molecule has 0 bridgehead atoms. The van der Waals surface area contributed by atoms with Crippen molar-refractivity contribution in [3.8, 4) is 0 Å². The van der Waals surface area contributed by atoms with Crippen LogP contribution in [0.1, 0.15) is 33.1 Å². The molecule has 1 N–H and O–H groups in total. The van der Waals surface area contributed by atoms with E-state index >= 15 is 0 Å². The van der Waals surface area contributed by atoms with E-state index in [1.54, 1.807) is 0 Å². The molecule has 1 rings (SSSR count). The number of rotatable bonds is 4. The third-order valence-corrected chi connectivity index (χ3v) is 3.39. The fourth-order valence-corrected chi connectivity index (χ4v) is 2.26. The Morgan fingerprint density at radius 1 is 1.57 bits per heavy atom. The Bertz CT molecular complexity index is 189. The van der Waals surface area contributed by atoms with Crippen molar-refractivity contribution in [2.75, 3.05) is 19.7 Å². The summed E-state index contributed by atoms with van der Waals surface area (Å²) in [5.74, 6) is 0.674. The summed E-state index contributed by atoms with van der Waals surface area (Å²) in [6.07, 6.45) is 5.40. The molecule has 1 aliphatic heterocycles. The fraction of sp³-hybridized carbons (Fsp3) is 0.833. The van der Waals surface area contributed by atoms with Gasteiger partial charge in [-0.2, -0.15) is 0 Å². The smallest absolute Gasteiger partial charge is 0.0434 e. The van der Waals surface area contributed by atoms with Gasteiger partial charge in [0.05, 0.1) is 0 Å². The second-order valence-corrected chi connectivity index (χ2v) is 4.92. The quantitative estimate of drug-likeness (QED) is 0.697. The Hall–Kier alpha value is -0.340. The average molecular weight is 197 g/mol. The van der Waals surface area contributed by atoms with E-state index in [4.69, 9.17) is 5.11 Å². The molecule has 1 aliphatic rings. The van der Waals surface area contributed by atoms with E-state index in [0.29, 0.717) is 18.1 Å². The molecule has 0 amide bonds. The zero-order valence-electron chi connectivity index (χ0n) is 9.50. The maximum Gasteiger partial charge on any atom is 0.0434 e. The molecule has 0 radical (unpaired) electrons. The second kappa shape index (κ2) is 4.94. The van der Waals surface area contributed by atoms with Crippen molar-refractivity contribution in [1.82, 2.24) is 4.90 Å². The van der Waals surface area contributed by atoms with Crippen LogP contribution in [-0.4, -0.2) is 35.2 Å². The summed E-state index contributed by atoms with van der Waals surface area (Å²) in [6.45, 7) is 10.8. The van der Waals surface area contributed by atoms with Crippen LogP contribution in [0.2, 0.25) is 0 Å². The number of hydrogen-bond acceptors (Lipinski definition) is 2. The number of likely N-dealkylation sites (tertiary alicyclic amines) is 1. The van der Waals surface area contributed by atoms with Gasteiger partial charge in [-0.25, -0.2) is 0 Å². The number of piperidine rings is 1. The zero-order valence-corrected chi connectivity index (χ0v) is 9.50. The van der Waals surface area contributed by atoms with Crippen LogP contribution >= 0.6 is 0 Å². The van der Waals surface area contributed by atoms with Crippen molar-refractivity contribution in [3.05, 3.63) is 12.7 Å². The van der Waals surface area contributed by atoms with Gasteiger partial charge in [-0.15, -0.1) is 6.58 Å². The first kappa shape index (κ1) is 11.7. The summed E-state index contributed by atoms with van der Waals surface area (Å²) in [6, 6.07) is 0. The zero-order chi connectivity index (χ0) is 10.6.